The van der Waals surface area contributed by atoms with Crippen LogP contribution in [0.4, 0.5) is 0 Å². The Bertz CT molecular complexity index is 815. The second-order valence-electron chi connectivity index (χ2n) is 4.96. The lowest BCUT2D eigenvalue weighted by molar-refractivity contribution is 0.0279. The average molecular weight is 325 g/mol. The predicted molar refractivity (Wildman–Crippen MR) is 84.4 cm³/mol. The zero-order chi connectivity index (χ0) is 16.9. The first-order valence-corrected chi connectivity index (χ1v) is 7.26. The molecule has 7 nitrogen and oxygen atoms in total. The third kappa shape index (κ3) is 3.40. The van der Waals surface area contributed by atoms with Gasteiger partial charge in [-0.05, 0) is 43.3 Å². The van der Waals surface area contributed by atoms with Crippen LogP contribution in [-0.4, -0.2) is 28.3 Å². The molecule has 3 rings (SSSR count). The van der Waals surface area contributed by atoms with Crippen LogP contribution in [0.2, 0.25) is 0 Å². The molecular formula is C17H15N3O4. The summed E-state index contributed by atoms with van der Waals surface area (Å²) in [6.07, 6.45) is 2.39. The number of hydrogen-bond donors (Lipinski definition) is 0. The summed E-state index contributed by atoms with van der Waals surface area (Å²) in [7, 11) is 1.60. The molecule has 0 radical (unpaired) electrons. The summed E-state index contributed by atoms with van der Waals surface area (Å²) in [5.74, 6) is 0.829. The van der Waals surface area contributed by atoms with Gasteiger partial charge < -0.3 is 13.9 Å². The lowest BCUT2D eigenvalue weighted by atomic mass is 10.2. The van der Waals surface area contributed by atoms with E-state index in [2.05, 4.69) is 15.2 Å². The van der Waals surface area contributed by atoms with E-state index >= 15 is 0 Å². The van der Waals surface area contributed by atoms with Gasteiger partial charge in [-0.25, -0.2) is 4.79 Å². The van der Waals surface area contributed by atoms with Crippen LogP contribution < -0.4 is 4.74 Å². The van der Waals surface area contributed by atoms with E-state index in [1.54, 1.807) is 38.3 Å². The highest BCUT2D eigenvalue weighted by Gasteiger charge is 2.19. The normalized spacial score (nSPS) is 11.8. The van der Waals surface area contributed by atoms with Crippen molar-refractivity contribution in [2.45, 2.75) is 13.0 Å². The molecule has 2 heterocycles. The van der Waals surface area contributed by atoms with Gasteiger partial charge in [0.1, 0.15) is 5.75 Å². The van der Waals surface area contributed by atoms with Crippen molar-refractivity contribution in [3.63, 3.8) is 0 Å². The molecule has 0 aliphatic rings. The summed E-state index contributed by atoms with van der Waals surface area (Å²) < 4.78 is 16.0. The number of nitrogens with zero attached hydrogens (tertiary/aromatic N) is 3. The monoisotopic (exact) mass is 325 g/mol. The zero-order valence-corrected chi connectivity index (χ0v) is 13.2. The summed E-state index contributed by atoms with van der Waals surface area (Å²) in [4.78, 5) is 15.9. The van der Waals surface area contributed by atoms with Crippen molar-refractivity contribution in [2.24, 2.45) is 0 Å². The summed E-state index contributed by atoms with van der Waals surface area (Å²) in [6.45, 7) is 1.67. The molecule has 1 aromatic carbocycles. The molecule has 0 spiro atoms. The number of carbonyl (C=O) groups excluding carboxylic acids is 1. The maximum Gasteiger partial charge on any atom is 0.339 e. The molecule has 0 amide bonds. The lowest BCUT2D eigenvalue weighted by Crippen LogP contribution is -2.09. The number of aromatic nitrogens is 3. The molecule has 1 atom stereocenters. The summed E-state index contributed by atoms with van der Waals surface area (Å²) in [5, 5.41) is 7.93. The largest absolute Gasteiger partial charge is 0.497 e. The van der Waals surface area contributed by atoms with E-state index < -0.39 is 12.1 Å². The Hall–Kier alpha value is -3.22. The van der Waals surface area contributed by atoms with Gasteiger partial charge in [0.2, 0.25) is 5.89 Å². The number of hydrogen-bond acceptors (Lipinski definition) is 7. The number of rotatable bonds is 5. The Kier molecular flexibility index (Phi) is 4.51. The molecular weight excluding hydrogens is 310 g/mol. The number of ether oxygens (including phenoxy) is 2. The van der Waals surface area contributed by atoms with Gasteiger partial charge in [0.15, 0.2) is 6.10 Å². The standard InChI is InChI=1S/C17H15N3O4/c1-11(23-17(21)13-7-9-18-10-8-13)15-19-20-16(24-15)12-3-5-14(22-2)6-4-12/h3-11H,1-2H3/t11-/m0/s1. The maximum absolute atomic E-state index is 12.0. The summed E-state index contributed by atoms with van der Waals surface area (Å²) in [5.41, 5.74) is 1.16. The second-order valence-corrected chi connectivity index (χ2v) is 4.96. The molecule has 2 aromatic heterocycles. The molecule has 7 heteroatoms. The van der Waals surface area contributed by atoms with Crippen molar-refractivity contribution in [3.05, 3.63) is 60.2 Å². The molecule has 0 saturated heterocycles. The topological polar surface area (TPSA) is 87.3 Å². The number of esters is 1. The highest BCUT2D eigenvalue weighted by molar-refractivity contribution is 5.89. The van der Waals surface area contributed by atoms with Gasteiger partial charge in [-0.2, -0.15) is 0 Å². The summed E-state index contributed by atoms with van der Waals surface area (Å²) in [6, 6.07) is 10.4. The van der Waals surface area contributed by atoms with Crippen LogP contribution in [0.1, 0.15) is 29.3 Å². The van der Waals surface area contributed by atoms with E-state index in [1.807, 2.05) is 12.1 Å². The number of carbonyl (C=O) groups is 1. The first-order valence-electron chi connectivity index (χ1n) is 7.26. The number of pyridine rings is 1. The van der Waals surface area contributed by atoms with Gasteiger partial charge in [-0.15, -0.1) is 10.2 Å². The molecule has 122 valence electrons. The molecule has 0 N–H and O–H groups in total. The van der Waals surface area contributed by atoms with Gasteiger partial charge in [0.25, 0.3) is 5.89 Å². The van der Waals surface area contributed by atoms with Crippen molar-refractivity contribution < 1.29 is 18.7 Å². The van der Waals surface area contributed by atoms with Crippen LogP contribution in [0.3, 0.4) is 0 Å². The Balaban J connectivity index is 1.71. The minimum absolute atomic E-state index is 0.225. The van der Waals surface area contributed by atoms with Crippen LogP contribution in [0.25, 0.3) is 11.5 Å². The van der Waals surface area contributed by atoms with Gasteiger partial charge in [0.05, 0.1) is 12.7 Å². The molecule has 0 bridgehead atoms. The molecule has 0 aliphatic carbocycles. The smallest absolute Gasteiger partial charge is 0.339 e. The minimum Gasteiger partial charge on any atom is -0.497 e. The van der Waals surface area contributed by atoms with Crippen LogP contribution in [-0.2, 0) is 4.74 Å². The highest BCUT2D eigenvalue weighted by Crippen LogP contribution is 2.24. The van der Waals surface area contributed by atoms with Crippen molar-refractivity contribution in [2.75, 3.05) is 7.11 Å². The molecule has 0 unspecified atom stereocenters. The predicted octanol–water partition coefficient (Wildman–Crippen LogP) is 3.06. The van der Waals surface area contributed by atoms with Crippen LogP contribution in [0, 0.1) is 0 Å². The van der Waals surface area contributed by atoms with Crippen LogP contribution in [0.15, 0.2) is 53.2 Å². The van der Waals surface area contributed by atoms with Crippen LogP contribution >= 0.6 is 0 Å². The highest BCUT2D eigenvalue weighted by atomic mass is 16.6. The Morgan fingerprint density at radius 2 is 1.79 bits per heavy atom. The Morgan fingerprint density at radius 3 is 2.46 bits per heavy atom. The molecule has 0 fully saturated rings. The van der Waals surface area contributed by atoms with Gasteiger partial charge in [0, 0.05) is 18.0 Å². The quantitative estimate of drug-likeness (QED) is 0.666. The fourth-order valence-corrected chi connectivity index (χ4v) is 2.02. The third-order valence-electron chi connectivity index (χ3n) is 3.33. The molecule has 3 aromatic rings. The van der Waals surface area contributed by atoms with E-state index in [4.69, 9.17) is 13.9 Å². The van der Waals surface area contributed by atoms with Crippen molar-refractivity contribution in [3.8, 4) is 17.2 Å². The molecule has 0 aliphatic heterocycles. The molecule has 24 heavy (non-hydrogen) atoms. The minimum atomic E-state index is -0.662. The Morgan fingerprint density at radius 1 is 1.08 bits per heavy atom. The van der Waals surface area contributed by atoms with E-state index in [-0.39, 0.29) is 5.89 Å². The maximum atomic E-state index is 12.0. The van der Waals surface area contributed by atoms with Crippen molar-refractivity contribution in [1.82, 2.24) is 15.2 Å². The van der Waals surface area contributed by atoms with Gasteiger partial charge in [-0.1, -0.05) is 0 Å². The van der Waals surface area contributed by atoms with E-state index in [0.29, 0.717) is 11.5 Å². The number of methoxy groups -OCH3 is 1. The SMILES string of the molecule is COc1ccc(-c2nnc([C@H](C)OC(=O)c3ccncc3)o2)cc1. The summed E-state index contributed by atoms with van der Waals surface area (Å²) >= 11 is 0. The molecule has 0 saturated carbocycles. The van der Waals surface area contributed by atoms with Crippen LogP contribution in [0.5, 0.6) is 5.75 Å². The van der Waals surface area contributed by atoms with E-state index in [0.717, 1.165) is 11.3 Å². The number of benzene rings is 1. The van der Waals surface area contributed by atoms with Gasteiger partial charge in [-0.3, -0.25) is 4.98 Å². The zero-order valence-electron chi connectivity index (χ0n) is 13.2. The van der Waals surface area contributed by atoms with Gasteiger partial charge >= 0.3 is 5.97 Å². The third-order valence-corrected chi connectivity index (χ3v) is 3.33. The van der Waals surface area contributed by atoms with E-state index in [9.17, 15) is 4.79 Å². The van der Waals surface area contributed by atoms with Crippen molar-refractivity contribution >= 4 is 5.97 Å². The first-order chi connectivity index (χ1) is 11.7. The fourth-order valence-electron chi connectivity index (χ4n) is 2.02. The fraction of sp³-hybridized carbons (Fsp3) is 0.176. The Labute approximate surface area is 138 Å². The first kappa shape index (κ1) is 15.7. The lowest BCUT2D eigenvalue weighted by Gasteiger charge is -2.08. The van der Waals surface area contributed by atoms with Crippen molar-refractivity contribution in [1.29, 1.82) is 0 Å². The average Bonchev–Trinajstić information content (AvgIpc) is 3.13. The second kappa shape index (κ2) is 6.91. The van der Waals surface area contributed by atoms with E-state index in [1.165, 1.54) is 12.4 Å².